The summed E-state index contributed by atoms with van der Waals surface area (Å²) >= 11 is 0. The van der Waals surface area contributed by atoms with Crippen LogP contribution in [-0.2, 0) is 0 Å². The largest absolute Gasteiger partial charge is 0.368 e. The molecule has 0 radical (unpaired) electrons. The summed E-state index contributed by atoms with van der Waals surface area (Å²) in [6.45, 7) is 4.71. The van der Waals surface area contributed by atoms with Crippen LogP contribution in [0.5, 0.6) is 0 Å². The smallest absolute Gasteiger partial charge is 0.226 e. The first kappa shape index (κ1) is 13.1. The van der Waals surface area contributed by atoms with Crippen LogP contribution in [0, 0.1) is 0 Å². The molecule has 20 heavy (non-hydrogen) atoms. The zero-order chi connectivity index (χ0) is 13.9. The summed E-state index contributed by atoms with van der Waals surface area (Å²) in [6.07, 6.45) is 4.43. The van der Waals surface area contributed by atoms with Gasteiger partial charge in [0.15, 0.2) is 5.65 Å². The van der Waals surface area contributed by atoms with Crippen molar-refractivity contribution in [3.05, 3.63) is 6.20 Å². The van der Waals surface area contributed by atoms with Crippen molar-refractivity contribution in [1.82, 2.24) is 25.1 Å². The van der Waals surface area contributed by atoms with Gasteiger partial charge in [-0.15, -0.1) is 0 Å². The standard InChI is InChI=1S/C13H21N7/c1-3-14-13-17-11(10-8-16-19-12(10)18-13)15-6-7-20(2)9-4-5-9/h8-9H,3-7H2,1-2H3,(H3,14,15,16,17,18,19). The lowest BCUT2D eigenvalue weighted by atomic mass is 10.4. The molecule has 0 amide bonds. The van der Waals surface area contributed by atoms with Gasteiger partial charge < -0.3 is 15.5 Å². The summed E-state index contributed by atoms with van der Waals surface area (Å²) in [4.78, 5) is 11.3. The average molecular weight is 275 g/mol. The number of rotatable bonds is 7. The Morgan fingerprint density at radius 2 is 2.20 bits per heavy atom. The number of aromatic nitrogens is 4. The quantitative estimate of drug-likeness (QED) is 0.706. The van der Waals surface area contributed by atoms with Gasteiger partial charge in [-0.3, -0.25) is 5.10 Å². The van der Waals surface area contributed by atoms with Crippen molar-refractivity contribution in [1.29, 1.82) is 0 Å². The topological polar surface area (TPSA) is 81.8 Å². The molecule has 2 aromatic rings. The number of nitrogens with zero attached hydrogens (tertiary/aromatic N) is 4. The maximum atomic E-state index is 4.51. The molecule has 7 heteroatoms. The summed E-state index contributed by atoms with van der Waals surface area (Å²) < 4.78 is 0. The Balaban J connectivity index is 1.69. The molecule has 1 aliphatic rings. The predicted octanol–water partition coefficient (Wildman–Crippen LogP) is 1.29. The summed E-state index contributed by atoms with van der Waals surface area (Å²) in [5, 5.41) is 14.4. The lowest BCUT2D eigenvalue weighted by Crippen LogP contribution is -2.27. The number of hydrogen-bond donors (Lipinski definition) is 3. The second kappa shape index (κ2) is 5.62. The van der Waals surface area contributed by atoms with Gasteiger partial charge in [0, 0.05) is 25.7 Å². The molecular weight excluding hydrogens is 254 g/mol. The lowest BCUT2D eigenvalue weighted by molar-refractivity contribution is 0.337. The van der Waals surface area contributed by atoms with Crippen molar-refractivity contribution in [2.75, 3.05) is 37.3 Å². The van der Waals surface area contributed by atoms with E-state index in [0.29, 0.717) is 5.95 Å². The first-order valence-corrected chi connectivity index (χ1v) is 7.17. The predicted molar refractivity (Wildman–Crippen MR) is 80.0 cm³/mol. The Labute approximate surface area is 118 Å². The average Bonchev–Trinajstić information content (AvgIpc) is 3.18. The highest BCUT2D eigenvalue weighted by Crippen LogP contribution is 2.25. The van der Waals surface area contributed by atoms with Crippen LogP contribution in [0.15, 0.2) is 6.20 Å². The normalized spacial score (nSPS) is 14.9. The van der Waals surface area contributed by atoms with E-state index in [1.54, 1.807) is 6.20 Å². The van der Waals surface area contributed by atoms with Crippen molar-refractivity contribution in [2.45, 2.75) is 25.8 Å². The Morgan fingerprint density at radius 1 is 1.35 bits per heavy atom. The van der Waals surface area contributed by atoms with E-state index in [0.717, 1.165) is 42.5 Å². The number of fused-ring (bicyclic) bond motifs is 1. The maximum Gasteiger partial charge on any atom is 0.226 e. The fourth-order valence-electron chi connectivity index (χ4n) is 2.26. The fraction of sp³-hybridized carbons (Fsp3) is 0.615. The SMILES string of the molecule is CCNc1nc(NCCN(C)C2CC2)c2cn[nH]c2n1. The third-order valence-corrected chi connectivity index (χ3v) is 3.57. The molecule has 0 atom stereocenters. The molecule has 0 aliphatic heterocycles. The van der Waals surface area contributed by atoms with Gasteiger partial charge in [-0.2, -0.15) is 15.1 Å². The van der Waals surface area contributed by atoms with E-state index in [1.807, 2.05) is 6.92 Å². The molecule has 0 bridgehead atoms. The van der Waals surface area contributed by atoms with Crippen LogP contribution in [0.2, 0.25) is 0 Å². The molecule has 1 fully saturated rings. The van der Waals surface area contributed by atoms with Crippen LogP contribution < -0.4 is 10.6 Å². The summed E-state index contributed by atoms with van der Waals surface area (Å²) in [6, 6.07) is 0.786. The molecule has 1 aliphatic carbocycles. The number of nitrogens with one attached hydrogen (secondary N) is 3. The van der Waals surface area contributed by atoms with E-state index in [-0.39, 0.29) is 0 Å². The van der Waals surface area contributed by atoms with Crippen molar-refractivity contribution < 1.29 is 0 Å². The van der Waals surface area contributed by atoms with Gasteiger partial charge in [0.05, 0.1) is 11.6 Å². The molecule has 0 saturated heterocycles. The summed E-state index contributed by atoms with van der Waals surface area (Å²) in [7, 11) is 2.18. The lowest BCUT2D eigenvalue weighted by Gasteiger charge is -2.16. The number of aromatic amines is 1. The third kappa shape index (κ3) is 2.82. The molecule has 3 N–H and O–H groups in total. The van der Waals surface area contributed by atoms with E-state index < -0.39 is 0 Å². The van der Waals surface area contributed by atoms with Crippen LogP contribution in [-0.4, -0.2) is 57.8 Å². The first-order chi connectivity index (χ1) is 9.78. The minimum atomic E-state index is 0.627. The van der Waals surface area contributed by atoms with Gasteiger partial charge >= 0.3 is 0 Å². The van der Waals surface area contributed by atoms with Gasteiger partial charge in [0.1, 0.15) is 5.82 Å². The Kier molecular flexibility index (Phi) is 3.68. The molecule has 2 heterocycles. The van der Waals surface area contributed by atoms with Crippen molar-refractivity contribution in [3.8, 4) is 0 Å². The molecule has 108 valence electrons. The van der Waals surface area contributed by atoms with Crippen LogP contribution in [0.1, 0.15) is 19.8 Å². The highest BCUT2D eigenvalue weighted by molar-refractivity contribution is 5.86. The van der Waals surface area contributed by atoms with Gasteiger partial charge in [-0.05, 0) is 26.8 Å². The molecular formula is C13H21N7. The van der Waals surface area contributed by atoms with E-state index in [2.05, 4.69) is 42.7 Å². The third-order valence-electron chi connectivity index (χ3n) is 3.57. The Hall–Kier alpha value is -1.89. The van der Waals surface area contributed by atoms with Gasteiger partial charge in [0.25, 0.3) is 0 Å². The summed E-state index contributed by atoms with van der Waals surface area (Å²) in [5.41, 5.74) is 0.758. The molecule has 1 saturated carbocycles. The van der Waals surface area contributed by atoms with Crippen molar-refractivity contribution >= 4 is 22.8 Å². The second-order valence-corrected chi connectivity index (χ2v) is 5.20. The van der Waals surface area contributed by atoms with Crippen LogP contribution in [0.3, 0.4) is 0 Å². The van der Waals surface area contributed by atoms with Crippen LogP contribution in [0.4, 0.5) is 11.8 Å². The minimum absolute atomic E-state index is 0.627. The van der Waals surface area contributed by atoms with Gasteiger partial charge in [0.2, 0.25) is 5.95 Å². The molecule has 0 unspecified atom stereocenters. The Bertz CT molecular complexity index is 575. The van der Waals surface area contributed by atoms with E-state index in [4.69, 9.17) is 0 Å². The Morgan fingerprint density at radius 3 is 2.95 bits per heavy atom. The summed E-state index contributed by atoms with van der Waals surface area (Å²) in [5.74, 6) is 1.46. The molecule has 7 nitrogen and oxygen atoms in total. The van der Waals surface area contributed by atoms with Gasteiger partial charge in [-0.25, -0.2) is 0 Å². The van der Waals surface area contributed by atoms with Crippen molar-refractivity contribution in [3.63, 3.8) is 0 Å². The number of hydrogen-bond acceptors (Lipinski definition) is 6. The van der Waals surface area contributed by atoms with E-state index >= 15 is 0 Å². The van der Waals surface area contributed by atoms with E-state index in [9.17, 15) is 0 Å². The highest BCUT2D eigenvalue weighted by atomic mass is 15.2. The molecule has 3 rings (SSSR count). The van der Waals surface area contributed by atoms with Crippen LogP contribution >= 0.6 is 0 Å². The number of H-pyrrole nitrogens is 1. The zero-order valence-electron chi connectivity index (χ0n) is 12.0. The monoisotopic (exact) mass is 275 g/mol. The number of likely N-dealkylation sites (N-methyl/N-ethyl adjacent to an activating group) is 1. The minimum Gasteiger partial charge on any atom is -0.368 e. The van der Waals surface area contributed by atoms with Crippen molar-refractivity contribution in [2.24, 2.45) is 0 Å². The first-order valence-electron chi connectivity index (χ1n) is 7.17. The maximum absolute atomic E-state index is 4.51. The number of anilines is 2. The molecule has 2 aromatic heterocycles. The molecule has 0 aromatic carbocycles. The molecule has 0 spiro atoms. The van der Waals surface area contributed by atoms with Gasteiger partial charge in [-0.1, -0.05) is 0 Å². The van der Waals surface area contributed by atoms with E-state index in [1.165, 1.54) is 12.8 Å². The van der Waals surface area contributed by atoms with Crippen LogP contribution in [0.25, 0.3) is 11.0 Å². The zero-order valence-corrected chi connectivity index (χ0v) is 12.0. The second-order valence-electron chi connectivity index (χ2n) is 5.20. The fourth-order valence-corrected chi connectivity index (χ4v) is 2.26. The highest BCUT2D eigenvalue weighted by Gasteiger charge is 2.25.